The summed E-state index contributed by atoms with van der Waals surface area (Å²) in [6.07, 6.45) is 6.93. The third-order valence-electron chi connectivity index (χ3n) is 4.25. The second kappa shape index (κ2) is 8.20. The van der Waals surface area contributed by atoms with Crippen LogP contribution in [0.25, 0.3) is 17.0 Å². The van der Waals surface area contributed by atoms with Crippen molar-refractivity contribution in [2.75, 3.05) is 6.54 Å². The predicted molar refractivity (Wildman–Crippen MR) is 106 cm³/mol. The third-order valence-corrected chi connectivity index (χ3v) is 4.25. The first-order valence-electron chi connectivity index (χ1n) is 8.50. The molecule has 1 heterocycles. The molecule has 0 saturated carbocycles. The number of carbonyl (C=O) groups excluding carboxylic acids is 1. The van der Waals surface area contributed by atoms with Crippen LogP contribution >= 0.6 is 0 Å². The molecule has 1 aromatic heterocycles. The molecule has 0 atom stereocenters. The maximum Gasteiger partial charge on any atom is 0.187 e. The van der Waals surface area contributed by atoms with Gasteiger partial charge in [0.2, 0.25) is 0 Å². The summed E-state index contributed by atoms with van der Waals surface area (Å²) in [4.78, 5) is 12.6. The highest BCUT2D eigenvalue weighted by Gasteiger charge is 2.13. The number of carbonyl (C=O) groups is 1. The molecule has 0 unspecified atom stereocenters. The molecule has 134 valence electrons. The van der Waals surface area contributed by atoms with Gasteiger partial charge in [-0.25, -0.2) is 4.39 Å². The molecule has 0 radical (unpaired) electrons. The van der Waals surface area contributed by atoms with E-state index in [0.717, 1.165) is 17.0 Å². The van der Waals surface area contributed by atoms with Crippen molar-refractivity contribution in [2.24, 2.45) is 7.05 Å². The summed E-state index contributed by atoms with van der Waals surface area (Å²) >= 11 is 0. The summed E-state index contributed by atoms with van der Waals surface area (Å²) in [5.74, 6) is 2.14. The van der Waals surface area contributed by atoms with E-state index in [0.29, 0.717) is 17.8 Å². The minimum Gasteiger partial charge on any atom is -0.372 e. The van der Waals surface area contributed by atoms with Crippen molar-refractivity contribution in [1.29, 1.82) is 0 Å². The van der Waals surface area contributed by atoms with Gasteiger partial charge in [-0.1, -0.05) is 36.3 Å². The first kappa shape index (κ1) is 18.2. The molecule has 0 bridgehead atoms. The molecule has 2 aromatic carbocycles. The highest BCUT2D eigenvalue weighted by molar-refractivity contribution is 6.08. The number of halogens is 1. The Kier molecular flexibility index (Phi) is 5.53. The minimum absolute atomic E-state index is 0.111. The normalized spacial score (nSPS) is 11.1. The second-order valence-corrected chi connectivity index (χ2v) is 6.02. The lowest BCUT2D eigenvalue weighted by atomic mass is 10.1. The summed E-state index contributed by atoms with van der Waals surface area (Å²) in [5, 5.41) is 3.12. The lowest BCUT2D eigenvalue weighted by Crippen LogP contribution is -2.16. The number of terminal acetylenes is 1. The van der Waals surface area contributed by atoms with E-state index in [1.807, 2.05) is 41.9 Å². The van der Waals surface area contributed by atoms with Crippen LogP contribution in [0.1, 0.15) is 16.1 Å². The quantitative estimate of drug-likeness (QED) is 0.405. The molecule has 0 saturated heterocycles. The topological polar surface area (TPSA) is 34.0 Å². The van der Waals surface area contributed by atoms with E-state index in [2.05, 4.69) is 11.2 Å². The van der Waals surface area contributed by atoms with Crippen LogP contribution in [0.3, 0.4) is 0 Å². The van der Waals surface area contributed by atoms with Gasteiger partial charge in [-0.3, -0.25) is 4.79 Å². The third kappa shape index (κ3) is 4.16. The van der Waals surface area contributed by atoms with Crippen molar-refractivity contribution in [2.45, 2.75) is 0 Å². The number of nitrogens with zero attached hydrogens (tertiary/aromatic N) is 1. The van der Waals surface area contributed by atoms with Gasteiger partial charge < -0.3 is 9.88 Å². The van der Waals surface area contributed by atoms with Crippen LogP contribution in [0, 0.1) is 18.2 Å². The zero-order chi connectivity index (χ0) is 19.2. The number of hydrogen-bond donors (Lipinski definition) is 1. The van der Waals surface area contributed by atoms with Gasteiger partial charge in [0.1, 0.15) is 5.82 Å². The van der Waals surface area contributed by atoms with Crippen LogP contribution in [0.2, 0.25) is 0 Å². The van der Waals surface area contributed by atoms with Crippen LogP contribution in [-0.4, -0.2) is 16.9 Å². The molecule has 0 aliphatic rings. The fraction of sp³-hybridized carbons (Fsp3) is 0.0870. The Morgan fingerprint density at radius 1 is 1.11 bits per heavy atom. The molecular formula is C23H19FN2O. The Hall–Kier alpha value is -3.58. The highest BCUT2D eigenvalue weighted by Crippen LogP contribution is 2.25. The molecule has 0 spiro atoms. The Balaban J connectivity index is 1.99. The largest absolute Gasteiger partial charge is 0.372 e. The number of rotatable bonds is 6. The van der Waals surface area contributed by atoms with Crippen LogP contribution < -0.4 is 5.32 Å². The van der Waals surface area contributed by atoms with Crippen molar-refractivity contribution < 1.29 is 9.18 Å². The van der Waals surface area contributed by atoms with Crippen molar-refractivity contribution in [3.8, 4) is 23.6 Å². The Labute approximate surface area is 158 Å². The maximum absolute atomic E-state index is 13.2. The van der Waals surface area contributed by atoms with Crippen molar-refractivity contribution in [3.63, 3.8) is 0 Å². The van der Waals surface area contributed by atoms with Crippen LogP contribution in [0.4, 0.5) is 4.39 Å². The molecule has 1 N–H and O–H groups in total. The molecular weight excluding hydrogens is 339 g/mol. The number of benzene rings is 2. The van der Waals surface area contributed by atoms with Gasteiger partial charge >= 0.3 is 0 Å². The molecule has 0 fully saturated rings. The van der Waals surface area contributed by atoms with Crippen LogP contribution in [0.15, 0.2) is 72.8 Å². The smallest absolute Gasteiger partial charge is 0.187 e. The molecule has 0 amide bonds. The van der Waals surface area contributed by atoms with E-state index in [1.165, 1.54) is 12.1 Å². The van der Waals surface area contributed by atoms with Gasteiger partial charge in [-0.05, 0) is 42.0 Å². The molecule has 3 nitrogen and oxygen atoms in total. The standard InChI is InChI=1S/C23H19FN2O/c1-3-15-25-20(16-23(27)18-7-5-4-6-8-18)22-14-13-21(26(22)2)17-9-11-19(24)12-10-17/h1,4-14,16,25H,15H2,2H3/b20-16-. The first-order valence-corrected chi connectivity index (χ1v) is 8.50. The van der Waals surface area contributed by atoms with Crippen molar-refractivity contribution in [1.82, 2.24) is 9.88 Å². The van der Waals surface area contributed by atoms with Crippen molar-refractivity contribution >= 4 is 11.5 Å². The molecule has 0 aliphatic carbocycles. The van der Waals surface area contributed by atoms with E-state index < -0.39 is 0 Å². The van der Waals surface area contributed by atoms with E-state index in [9.17, 15) is 9.18 Å². The Morgan fingerprint density at radius 2 is 1.81 bits per heavy atom. The van der Waals surface area contributed by atoms with Gasteiger partial charge in [0.05, 0.1) is 17.9 Å². The Bertz CT molecular complexity index is 1010. The average Bonchev–Trinajstić information content (AvgIpc) is 3.07. The number of ketones is 1. The van der Waals surface area contributed by atoms with Gasteiger partial charge in [0.25, 0.3) is 0 Å². The van der Waals surface area contributed by atoms with Gasteiger partial charge in [-0.15, -0.1) is 6.42 Å². The monoisotopic (exact) mass is 358 g/mol. The summed E-state index contributed by atoms with van der Waals surface area (Å²) in [5.41, 5.74) is 3.85. The Morgan fingerprint density at radius 3 is 2.48 bits per heavy atom. The fourth-order valence-electron chi connectivity index (χ4n) is 2.87. The summed E-state index contributed by atoms with van der Waals surface area (Å²) in [7, 11) is 1.90. The average molecular weight is 358 g/mol. The zero-order valence-corrected chi connectivity index (χ0v) is 14.9. The number of aromatic nitrogens is 1. The summed E-state index contributed by atoms with van der Waals surface area (Å²) in [6, 6.07) is 19.2. The van der Waals surface area contributed by atoms with Crippen LogP contribution in [-0.2, 0) is 7.05 Å². The number of nitrogens with one attached hydrogen (secondary N) is 1. The summed E-state index contributed by atoms with van der Waals surface area (Å²) in [6.45, 7) is 0.297. The van der Waals surface area contributed by atoms with E-state index in [4.69, 9.17) is 6.42 Å². The van der Waals surface area contributed by atoms with Crippen molar-refractivity contribution in [3.05, 3.63) is 89.9 Å². The number of allylic oxidation sites excluding steroid dienone is 1. The van der Waals surface area contributed by atoms with E-state index in [1.54, 1.807) is 30.3 Å². The van der Waals surface area contributed by atoms with E-state index >= 15 is 0 Å². The lowest BCUT2D eigenvalue weighted by molar-refractivity contribution is 0.104. The molecule has 27 heavy (non-hydrogen) atoms. The minimum atomic E-state index is -0.280. The zero-order valence-electron chi connectivity index (χ0n) is 14.9. The summed E-state index contributed by atoms with van der Waals surface area (Å²) < 4.78 is 15.1. The molecule has 3 aromatic rings. The first-order chi connectivity index (χ1) is 13.1. The number of hydrogen-bond acceptors (Lipinski definition) is 2. The molecule has 4 heteroatoms. The SMILES string of the molecule is C#CCN/C(=C\C(=O)c1ccccc1)c1ccc(-c2ccc(F)cc2)n1C. The lowest BCUT2D eigenvalue weighted by Gasteiger charge is -2.12. The van der Waals surface area contributed by atoms with Gasteiger partial charge in [-0.2, -0.15) is 0 Å². The van der Waals surface area contributed by atoms with Gasteiger partial charge in [0.15, 0.2) is 5.78 Å². The molecule has 0 aliphatic heterocycles. The van der Waals surface area contributed by atoms with Crippen LogP contribution in [0.5, 0.6) is 0 Å². The second-order valence-electron chi connectivity index (χ2n) is 6.02. The fourth-order valence-corrected chi connectivity index (χ4v) is 2.87. The predicted octanol–water partition coefficient (Wildman–Crippen LogP) is 4.28. The highest BCUT2D eigenvalue weighted by atomic mass is 19.1. The van der Waals surface area contributed by atoms with E-state index in [-0.39, 0.29) is 11.6 Å². The maximum atomic E-state index is 13.2. The molecule has 3 rings (SSSR count). The van der Waals surface area contributed by atoms with Gasteiger partial charge in [0, 0.05) is 24.4 Å².